The fraction of sp³-hybridized carbons (Fsp3) is 0.769. The monoisotopic (exact) mass is 253 g/mol. The second-order valence-electron chi connectivity index (χ2n) is 5.98. The van der Waals surface area contributed by atoms with E-state index in [1.165, 1.54) is 23.5 Å². The van der Waals surface area contributed by atoms with Gasteiger partial charge in [0, 0.05) is 30.1 Å². The highest BCUT2D eigenvalue weighted by Crippen LogP contribution is 2.26. The molecule has 1 aromatic rings. The fourth-order valence-corrected chi connectivity index (χ4v) is 2.47. The lowest BCUT2D eigenvalue weighted by Crippen LogP contribution is -2.35. The van der Waals surface area contributed by atoms with Gasteiger partial charge in [0.1, 0.15) is 5.01 Å². The van der Waals surface area contributed by atoms with Gasteiger partial charge >= 0.3 is 0 Å². The normalized spacial score (nSPS) is 16.8. The minimum Gasteiger partial charge on any atom is -0.306 e. The van der Waals surface area contributed by atoms with E-state index in [4.69, 9.17) is 0 Å². The highest BCUT2D eigenvalue weighted by Gasteiger charge is 2.26. The zero-order chi connectivity index (χ0) is 12.5. The molecular weight excluding hydrogens is 230 g/mol. The summed E-state index contributed by atoms with van der Waals surface area (Å²) in [6, 6.07) is 0.813. The van der Waals surface area contributed by atoms with Crippen molar-refractivity contribution in [1.29, 1.82) is 0 Å². The molecule has 1 saturated carbocycles. The van der Waals surface area contributed by atoms with Gasteiger partial charge in [0.05, 0.1) is 5.69 Å². The lowest BCUT2D eigenvalue weighted by atomic mass is 10.1. The molecule has 0 atom stereocenters. The van der Waals surface area contributed by atoms with E-state index in [9.17, 15) is 0 Å². The molecule has 0 radical (unpaired) electrons. The Morgan fingerprint density at radius 2 is 2.18 bits per heavy atom. The number of hydrogen-bond donors (Lipinski definition) is 1. The lowest BCUT2D eigenvalue weighted by Gasteiger charge is -2.19. The molecule has 0 aromatic carbocycles. The Hall–Kier alpha value is -0.450. The van der Waals surface area contributed by atoms with Crippen molar-refractivity contribution < 1.29 is 0 Å². The molecule has 1 N–H and O–H groups in total. The molecule has 1 aliphatic rings. The van der Waals surface area contributed by atoms with Gasteiger partial charge in [-0.05, 0) is 40.7 Å². The van der Waals surface area contributed by atoms with Crippen molar-refractivity contribution in [2.75, 3.05) is 7.05 Å². The molecule has 3 nitrogen and oxygen atoms in total. The zero-order valence-electron chi connectivity index (χ0n) is 11.3. The summed E-state index contributed by atoms with van der Waals surface area (Å²) >= 11 is 1.76. The minimum atomic E-state index is 0.163. The third kappa shape index (κ3) is 4.37. The molecular formula is C13H23N3S. The molecule has 1 aromatic heterocycles. The first kappa shape index (κ1) is 13.0. The second-order valence-corrected chi connectivity index (χ2v) is 6.93. The minimum absolute atomic E-state index is 0.163. The number of rotatable bonds is 5. The van der Waals surface area contributed by atoms with Crippen LogP contribution in [0.5, 0.6) is 0 Å². The predicted molar refractivity (Wildman–Crippen MR) is 73.2 cm³/mol. The van der Waals surface area contributed by atoms with Crippen LogP contribution in [0.4, 0.5) is 0 Å². The number of aromatic nitrogens is 1. The van der Waals surface area contributed by atoms with Gasteiger partial charge in [-0.15, -0.1) is 11.3 Å². The molecule has 0 saturated heterocycles. The first-order valence-electron chi connectivity index (χ1n) is 6.32. The molecule has 1 aliphatic carbocycles. The van der Waals surface area contributed by atoms with Crippen LogP contribution >= 0.6 is 11.3 Å². The van der Waals surface area contributed by atoms with Crippen molar-refractivity contribution in [1.82, 2.24) is 15.2 Å². The van der Waals surface area contributed by atoms with Gasteiger partial charge in [-0.25, -0.2) is 4.98 Å². The standard InChI is InChI=1S/C13H23N3S/c1-13(2,3)14-7-12-15-10(9-17-12)8-16(4)11-5-6-11/h9,11,14H,5-8H2,1-4H3. The van der Waals surface area contributed by atoms with Crippen LogP contribution < -0.4 is 5.32 Å². The van der Waals surface area contributed by atoms with Crippen molar-refractivity contribution >= 4 is 11.3 Å². The Labute approximate surface area is 108 Å². The van der Waals surface area contributed by atoms with E-state index in [1.807, 2.05) is 0 Å². The van der Waals surface area contributed by atoms with Crippen LogP contribution in [0, 0.1) is 0 Å². The highest BCUT2D eigenvalue weighted by molar-refractivity contribution is 7.09. The molecule has 1 heterocycles. The van der Waals surface area contributed by atoms with Crippen molar-refractivity contribution in [3.63, 3.8) is 0 Å². The second kappa shape index (κ2) is 5.04. The van der Waals surface area contributed by atoms with Gasteiger partial charge < -0.3 is 5.32 Å². The molecule has 1 fully saturated rings. The summed E-state index contributed by atoms with van der Waals surface area (Å²) in [6.07, 6.45) is 2.72. The SMILES string of the molecule is CN(Cc1csc(CNC(C)(C)C)n1)C1CC1. The molecule has 0 bridgehead atoms. The summed E-state index contributed by atoms with van der Waals surface area (Å²) in [5.41, 5.74) is 1.38. The molecule has 2 rings (SSSR count). The number of nitrogens with zero attached hydrogens (tertiary/aromatic N) is 2. The Morgan fingerprint density at radius 3 is 2.76 bits per heavy atom. The lowest BCUT2D eigenvalue weighted by molar-refractivity contribution is 0.313. The number of thiazole rings is 1. The van der Waals surface area contributed by atoms with Crippen LogP contribution in [0.15, 0.2) is 5.38 Å². The molecule has 4 heteroatoms. The quantitative estimate of drug-likeness (QED) is 0.874. The van der Waals surface area contributed by atoms with E-state index < -0.39 is 0 Å². The number of hydrogen-bond acceptors (Lipinski definition) is 4. The molecule has 0 aliphatic heterocycles. The Bertz CT molecular complexity index is 363. The first-order valence-corrected chi connectivity index (χ1v) is 7.20. The van der Waals surface area contributed by atoms with Gasteiger partial charge in [0.2, 0.25) is 0 Å². The number of nitrogens with one attached hydrogen (secondary N) is 1. The van der Waals surface area contributed by atoms with Crippen LogP contribution in [0.25, 0.3) is 0 Å². The van der Waals surface area contributed by atoms with Crippen LogP contribution in [-0.4, -0.2) is 28.5 Å². The van der Waals surface area contributed by atoms with E-state index in [-0.39, 0.29) is 5.54 Å². The maximum Gasteiger partial charge on any atom is 0.107 e. The summed E-state index contributed by atoms with van der Waals surface area (Å²) in [6.45, 7) is 8.42. The van der Waals surface area contributed by atoms with Gasteiger partial charge in [-0.3, -0.25) is 4.90 Å². The van der Waals surface area contributed by atoms with E-state index in [1.54, 1.807) is 11.3 Å². The maximum absolute atomic E-state index is 4.68. The van der Waals surface area contributed by atoms with Crippen molar-refractivity contribution in [2.24, 2.45) is 0 Å². The fourth-order valence-electron chi connectivity index (χ4n) is 1.74. The summed E-state index contributed by atoms with van der Waals surface area (Å²) in [4.78, 5) is 7.09. The molecule has 0 amide bonds. The molecule has 17 heavy (non-hydrogen) atoms. The third-order valence-corrected chi connectivity index (χ3v) is 3.85. The molecule has 0 unspecified atom stereocenters. The average molecular weight is 253 g/mol. The Morgan fingerprint density at radius 1 is 1.47 bits per heavy atom. The van der Waals surface area contributed by atoms with Crippen LogP contribution in [0.1, 0.15) is 44.3 Å². The van der Waals surface area contributed by atoms with Crippen LogP contribution in [-0.2, 0) is 13.1 Å². The van der Waals surface area contributed by atoms with Crippen molar-refractivity contribution in [2.45, 2.75) is 58.3 Å². The topological polar surface area (TPSA) is 28.2 Å². The molecule has 0 spiro atoms. The molecule has 96 valence electrons. The highest BCUT2D eigenvalue weighted by atomic mass is 32.1. The Kier molecular flexibility index (Phi) is 3.85. The van der Waals surface area contributed by atoms with Crippen molar-refractivity contribution in [3.8, 4) is 0 Å². The summed E-state index contributed by atoms with van der Waals surface area (Å²) in [5, 5.41) is 6.86. The van der Waals surface area contributed by atoms with Gasteiger partial charge in [-0.1, -0.05) is 0 Å². The Balaban J connectivity index is 1.82. The predicted octanol–water partition coefficient (Wildman–Crippen LogP) is 2.63. The summed E-state index contributed by atoms with van der Waals surface area (Å²) < 4.78 is 0. The van der Waals surface area contributed by atoms with E-state index in [0.717, 1.165) is 19.1 Å². The summed E-state index contributed by atoms with van der Waals surface area (Å²) in [5.74, 6) is 0. The van der Waals surface area contributed by atoms with Crippen molar-refractivity contribution in [3.05, 3.63) is 16.1 Å². The summed E-state index contributed by atoms with van der Waals surface area (Å²) in [7, 11) is 2.20. The first-order chi connectivity index (χ1) is 7.94. The van der Waals surface area contributed by atoms with E-state index >= 15 is 0 Å². The zero-order valence-corrected chi connectivity index (χ0v) is 12.1. The maximum atomic E-state index is 4.68. The van der Waals surface area contributed by atoms with Gasteiger partial charge in [-0.2, -0.15) is 0 Å². The van der Waals surface area contributed by atoms with Crippen LogP contribution in [0.3, 0.4) is 0 Å². The smallest absolute Gasteiger partial charge is 0.107 e. The van der Waals surface area contributed by atoms with E-state index in [2.05, 4.69) is 48.4 Å². The van der Waals surface area contributed by atoms with E-state index in [0.29, 0.717) is 0 Å². The average Bonchev–Trinajstić information content (AvgIpc) is 2.97. The van der Waals surface area contributed by atoms with Gasteiger partial charge in [0.15, 0.2) is 0 Å². The van der Waals surface area contributed by atoms with Crippen LogP contribution in [0.2, 0.25) is 0 Å². The largest absolute Gasteiger partial charge is 0.306 e. The third-order valence-electron chi connectivity index (χ3n) is 2.95. The van der Waals surface area contributed by atoms with Gasteiger partial charge in [0.25, 0.3) is 0 Å².